The lowest BCUT2D eigenvalue weighted by Gasteiger charge is -2.04. The summed E-state index contributed by atoms with van der Waals surface area (Å²) in [6, 6.07) is 1.06. The number of nitrogens with zero attached hydrogens (tertiary/aromatic N) is 1. The van der Waals surface area contributed by atoms with Crippen LogP contribution in [0, 0.1) is 0 Å². The van der Waals surface area contributed by atoms with E-state index in [0.29, 0.717) is 0 Å². The molecule has 0 fully saturated rings. The van der Waals surface area contributed by atoms with Crippen molar-refractivity contribution in [1.82, 2.24) is 9.97 Å². The van der Waals surface area contributed by atoms with Gasteiger partial charge in [0, 0.05) is 11.8 Å². The molecule has 0 aliphatic carbocycles. The van der Waals surface area contributed by atoms with E-state index in [0.717, 1.165) is 17.8 Å². The molecule has 1 aromatic rings. The molecule has 0 amide bonds. The van der Waals surface area contributed by atoms with Gasteiger partial charge in [-0.25, -0.2) is 4.98 Å². The van der Waals surface area contributed by atoms with Gasteiger partial charge in [0.15, 0.2) is 5.16 Å². The van der Waals surface area contributed by atoms with Gasteiger partial charge in [0.2, 0.25) is 0 Å². The number of aromatic amines is 1. The number of rotatable bonds is 3. The van der Waals surface area contributed by atoms with Crippen LogP contribution in [0.15, 0.2) is 16.0 Å². The topological polar surface area (TPSA) is 71.8 Å². The minimum absolute atomic E-state index is 0.00624. The molecule has 15 heavy (non-hydrogen) atoms. The molecule has 1 rings (SSSR count). The van der Waals surface area contributed by atoms with Crippen molar-refractivity contribution in [3.8, 4) is 0 Å². The van der Waals surface area contributed by atoms with Crippen LogP contribution < -0.4 is 11.3 Å². The Morgan fingerprint density at radius 1 is 1.53 bits per heavy atom. The van der Waals surface area contributed by atoms with Crippen LogP contribution in [-0.2, 0) is 0 Å². The quantitative estimate of drug-likeness (QED) is 0.617. The monoisotopic (exact) mass is 239 g/mol. The van der Waals surface area contributed by atoms with E-state index in [-0.39, 0.29) is 16.7 Å². The first-order valence-electron chi connectivity index (χ1n) is 3.93. The Morgan fingerprint density at radius 2 is 2.20 bits per heavy atom. The predicted octanol–water partition coefficient (Wildman–Crippen LogP) is 1.40. The number of nitrogens with one attached hydrogen (secondary N) is 1. The number of hydrogen-bond acceptors (Lipinski definition) is 4. The first-order chi connectivity index (χ1) is 6.87. The van der Waals surface area contributed by atoms with Crippen molar-refractivity contribution < 1.29 is 13.2 Å². The average molecular weight is 239 g/mol. The average Bonchev–Trinajstić information content (AvgIpc) is 1.99. The van der Waals surface area contributed by atoms with Gasteiger partial charge in [-0.2, -0.15) is 13.2 Å². The molecule has 8 heteroatoms. The molecule has 0 atom stereocenters. The van der Waals surface area contributed by atoms with Crippen LogP contribution in [0.5, 0.6) is 0 Å². The Bertz CT molecular complexity index is 390. The second-order valence-corrected chi connectivity index (χ2v) is 3.77. The van der Waals surface area contributed by atoms with Gasteiger partial charge in [0.05, 0.1) is 6.42 Å². The van der Waals surface area contributed by atoms with Crippen molar-refractivity contribution in [2.45, 2.75) is 17.8 Å². The zero-order valence-electron chi connectivity index (χ0n) is 7.47. The largest absolute Gasteiger partial charge is 0.389 e. The molecule has 0 saturated heterocycles. The molecule has 3 N–H and O–H groups in total. The molecular formula is C7H8F3N3OS. The van der Waals surface area contributed by atoms with Crippen LogP contribution in [0.25, 0.3) is 0 Å². The zero-order chi connectivity index (χ0) is 11.5. The summed E-state index contributed by atoms with van der Waals surface area (Å²) in [5.41, 5.74) is 4.78. The highest BCUT2D eigenvalue weighted by Gasteiger charge is 2.26. The molecular weight excluding hydrogens is 231 g/mol. The second kappa shape index (κ2) is 4.56. The van der Waals surface area contributed by atoms with Crippen LogP contribution >= 0.6 is 11.8 Å². The third-order valence-corrected chi connectivity index (χ3v) is 2.24. The number of H-pyrrole nitrogens is 1. The van der Waals surface area contributed by atoms with Crippen molar-refractivity contribution in [3.63, 3.8) is 0 Å². The maximum atomic E-state index is 11.8. The number of hydrogen-bond donors (Lipinski definition) is 2. The third-order valence-electron chi connectivity index (χ3n) is 1.36. The summed E-state index contributed by atoms with van der Waals surface area (Å²) in [6.07, 6.45) is -5.14. The van der Waals surface area contributed by atoms with Crippen LogP contribution in [0.1, 0.15) is 6.42 Å². The Labute approximate surface area is 87.1 Å². The summed E-state index contributed by atoms with van der Waals surface area (Å²) < 4.78 is 35.4. The standard InChI is InChI=1S/C7H8F3N3OS/c8-7(9,10)1-2-15-6-12-4(11)3-5(14)13-6/h3H,1-2H2,(H3,11,12,13,14). The van der Waals surface area contributed by atoms with Crippen LogP contribution in [-0.4, -0.2) is 21.9 Å². The first kappa shape index (κ1) is 11.9. The minimum atomic E-state index is -4.20. The van der Waals surface area contributed by atoms with Crippen molar-refractivity contribution in [2.24, 2.45) is 0 Å². The van der Waals surface area contributed by atoms with Crippen molar-refractivity contribution >= 4 is 17.6 Å². The fraction of sp³-hybridized carbons (Fsp3) is 0.429. The molecule has 0 saturated carbocycles. The Morgan fingerprint density at radius 3 is 2.73 bits per heavy atom. The maximum Gasteiger partial charge on any atom is 0.389 e. The number of aromatic nitrogens is 2. The van der Waals surface area contributed by atoms with Gasteiger partial charge in [0.25, 0.3) is 5.56 Å². The second-order valence-electron chi connectivity index (χ2n) is 2.69. The van der Waals surface area contributed by atoms with Gasteiger partial charge in [-0.05, 0) is 0 Å². The normalized spacial score (nSPS) is 11.7. The fourth-order valence-corrected chi connectivity index (χ4v) is 1.65. The summed E-state index contributed by atoms with van der Waals surface area (Å²) in [7, 11) is 0. The highest BCUT2D eigenvalue weighted by molar-refractivity contribution is 7.99. The number of anilines is 1. The predicted molar refractivity (Wildman–Crippen MR) is 50.7 cm³/mol. The lowest BCUT2D eigenvalue weighted by Crippen LogP contribution is -2.11. The van der Waals surface area contributed by atoms with E-state index in [1.54, 1.807) is 0 Å². The van der Waals surface area contributed by atoms with Crippen molar-refractivity contribution in [1.29, 1.82) is 0 Å². The summed E-state index contributed by atoms with van der Waals surface area (Å²) in [6.45, 7) is 0. The third kappa shape index (κ3) is 4.73. The highest BCUT2D eigenvalue weighted by Crippen LogP contribution is 2.24. The fourth-order valence-electron chi connectivity index (χ4n) is 0.785. The summed E-state index contributed by atoms with van der Waals surface area (Å²) >= 11 is 0.809. The summed E-state index contributed by atoms with van der Waals surface area (Å²) in [5.74, 6) is -0.205. The molecule has 4 nitrogen and oxygen atoms in total. The minimum Gasteiger partial charge on any atom is -0.383 e. The number of alkyl halides is 3. The first-order valence-corrected chi connectivity index (χ1v) is 4.92. The molecule has 0 unspecified atom stereocenters. The van der Waals surface area contributed by atoms with Crippen molar-refractivity contribution in [2.75, 3.05) is 11.5 Å². The Kier molecular flexibility index (Phi) is 3.61. The molecule has 0 aromatic carbocycles. The number of nitrogens with two attached hydrogens (primary N) is 1. The smallest absolute Gasteiger partial charge is 0.383 e. The van der Waals surface area contributed by atoms with Gasteiger partial charge < -0.3 is 10.7 Å². The Hall–Kier alpha value is -1.18. The van der Waals surface area contributed by atoms with Gasteiger partial charge in [-0.3, -0.25) is 4.79 Å². The van der Waals surface area contributed by atoms with E-state index < -0.39 is 18.2 Å². The van der Waals surface area contributed by atoms with Gasteiger partial charge in [-0.1, -0.05) is 11.8 Å². The maximum absolute atomic E-state index is 11.8. The number of halogens is 3. The highest BCUT2D eigenvalue weighted by atomic mass is 32.2. The molecule has 0 radical (unpaired) electrons. The van der Waals surface area contributed by atoms with E-state index >= 15 is 0 Å². The summed E-state index contributed by atoms with van der Waals surface area (Å²) in [4.78, 5) is 16.8. The molecule has 0 aliphatic heterocycles. The van der Waals surface area contributed by atoms with Crippen molar-refractivity contribution in [3.05, 3.63) is 16.4 Å². The Balaban J connectivity index is 2.55. The van der Waals surface area contributed by atoms with E-state index in [9.17, 15) is 18.0 Å². The van der Waals surface area contributed by atoms with Gasteiger partial charge in [0.1, 0.15) is 5.82 Å². The molecule has 0 spiro atoms. The SMILES string of the molecule is Nc1cc(=O)[nH]c(SCCC(F)(F)F)n1. The molecule has 84 valence electrons. The lowest BCUT2D eigenvalue weighted by molar-refractivity contribution is -0.129. The number of nitrogen functional groups attached to an aromatic ring is 1. The molecule has 1 heterocycles. The zero-order valence-corrected chi connectivity index (χ0v) is 8.28. The molecule has 1 aromatic heterocycles. The van der Waals surface area contributed by atoms with E-state index in [1.165, 1.54) is 0 Å². The van der Waals surface area contributed by atoms with Crippen LogP contribution in [0.4, 0.5) is 19.0 Å². The van der Waals surface area contributed by atoms with E-state index in [1.807, 2.05) is 0 Å². The molecule has 0 aliphatic rings. The van der Waals surface area contributed by atoms with E-state index in [2.05, 4.69) is 9.97 Å². The van der Waals surface area contributed by atoms with Crippen LogP contribution in [0.2, 0.25) is 0 Å². The number of thioether (sulfide) groups is 1. The van der Waals surface area contributed by atoms with Gasteiger partial charge in [-0.15, -0.1) is 0 Å². The lowest BCUT2D eigenvalue weighted by atomic mass is 10.5. The van der Waals surface area contributed by atoms with E-state index in [4.69, 9.17) is 5.73 Å². The van der Waals surface area contributed by atoms with Gasteiger partial charge >= 0.3 is 6.18 Å². The summed E-state index contributed by atoms with van der Waals surface area (Å²) in [5, 5.41) is 0.101. The molecule has 0 bridgehead atoms. The van der Waals surface area contributed by atoms with Crippen LogP contribution in [0.3, 0.4) is 0 Å².